The predicted octanol–water partition coefficient (Wildman–Crippen LogP) is 1.68. The third-order valence-corrected chi connectivity index (χ3v) is 8.00. The normalized spacial score (nSPS) is 20.5. The van der Waals surface area contributed by atoms with Crippen LogP contribution < -0.4 is 15.1 Å². The van der Waals surface area contributed by atoms with Crippen LogP contribution in [0.25, 0.3) is 22.3 Å². The van der Waals surface area contributed by atoms with Crippen LogP contribution in [0.3, 0.4) is 0 Å². The van der Waals surface area contributed by atoms with Crippen molar-refractivity contribution in [2.24, 2.45) is 5.41 Å². The van der Waals surface area contributed by atoms with Crippen molar-refractivity contribution in [3.05, 3.63) is 41.9 Å². The molecule has 7 rings (SSSR count). The summed E-state index contributed by atoms with van der Waals surface area (Å²) in [6, 6.07) is 7.38. The average Bonchev–Trinajstić information content (AvgIpc) is 3.52. The summed E-state index contributed by atoms with van der Waals surface area (Å²) >= 11 is 0. The number of nitrogens with zero attached hydrogens (tertiary/aromatic N) is 10. The van der Waals surface area contributed by atoms with E-state index in [1.165, 1.54) is 0 Å². The lowest BCUT2D eigenvalue weighted by Crippen LogP contribution is -2.71. The maximum Gasteiger partial charge on any atom is 0.255 e. The lowest BCUT2D eigenvalue weighted by atomic mass is 9.73. The molecule has 1 spiro atoms. The molecule has 6 heterocycles. The van der Waals surface area contributed by atoms with Gasteiger partial charge in [0.1, 0.15) is 17.8 Å². The molecule has 3 aliphatic heterocycles. The second kappa shape index (κ2) is 8.05. The Hall–Kier alpha value is -4.39. The summed E-state index contributed by atoms with van der Waals surface area (Å²) in [6.45, 7) is 8.13. The molecule has 0 saturated carbocycles. The van der Waals surface area contributed by atoms with Crippen LogP contribution in [0.15, 0.2) is 41.9 Å². The number of H-pyrrole nitrogens is 1. The molecule has 38 heavy (non-hydrogen) atoms. The van der Waals surface area contributed by atoms with Crippen molar-refractivity contribution in [3.8, 4) is 11.4 Å². The van der Waals surface area contributed by atoms with E-state index in [4.69, 9.17) is 0 Å². The third-order valence-electron chi connectivity index (χ3n) is 8.00. The van der Waals surface area contributed by atoms with Crippen LogP contribution >= 0.6 is 0 Å². The Kier molecular flexibility index (Phi) is 4.83. The number of carbonyl (C=O) groups excluding carboxylic acids is 1. The molecule has 13 nitrogen and oxygen atoms in total. The van der Waals surface area contributed by atoms with E-state index in [2.05, 4.69) is 57.9 Å². The number of allylic oxidation sites excluding steroid dienone is 1. The molecule has 3 aliphatic rings. The van der Waals surface area contributed by atoms with Crippen LogP contribution in [0.2, 0.25) is 0 Å². The molecule has 4 aromatic rings. The van der Waals surface area contributed by atoms with Gasteiger partial charge in [-0.2, -0.15) is 5.10 Å². The van der Waals surface area contributed by atoms with Gasteiger partial charge in [-0.3, -0.25) is 9.89 Å². The number of rotatable bonds is 4. The molecule has 2 N–H and O–H groups in total. The summed E-state index contributed by atoms with van der Waals surface area (Å²) in [4.78, 5) is 28.9. The molecule has 0 aliphatic carbocycles. The van der Waals surface area contributed by atoms with Crippen molar-refractivity contribution in [1.29, 1.82) is 0 Å². The highest BCUT2D eigenvalue weighted by Crippen LogP contribution is 2.41. The van der Waals surface area contributed by atoms with Crippen molar-refractivity contribution in [3.63, 3.8) is 0 Å². The highest BCUT2D eigenvalue weighted by Gasteiger charge is 2.50. The minimum atomic E-state index is -0.301. The zero-order chi connectivity index (χ0) is 26.2. The van der Waals surface area contributed by atoms with Crippen molar-refractivity contribution >= 4 is 34.3 Å². The van der Waals surface area contributed by atoms with E-state index in [1.807, 2.05) is 50.1 Å². The van der Waals surface area contributed by atoms with Crippen molar-refractivity contribution in [1.82, 2.24) is 45.3 Å². The Morgan fingerprint density at radius 2 is 1.95 bits per heavy atom. The molecule has 0 bridgehead atoms. The fraction of sp³-hybridized carbons (Fsp3) is 0.400. The lowest BCUT2D eigenvalue weighted by Gasteiger charge is -2.59. The van der Waals surface area contributed by atoms with Crippen LogP contribution in [0, 0.1) is 5.41 Å². The molecule has 194 valence electrons. The zero-order valence-electron chi connectivity index (χ0n) is 21.7. The number of aromatic nitrogens is 8. The van der Waals surface area contributed by atoms with Gasteiger partial charge >= 0.3 is 0 Å². The minimum absolute atomic E-state index is 0.204. The molecule has 0 unspecified atom stereocenters. The first-order valence-electron chi connectivity index (χ1n) is 12.6. The molecule has 0 radical (unpaired) electrons. The van der Waals surface area contributed by atoms with Crippen LogP contribution in [-0.4, -0.2) is 91.5 Å². The topological polar surface area (TPSA) is 137 Å². The van der Waals surface area contributed by atoms with E-state index in [0.717, 1.165) is 60.0 Å². The van der Waals surface area contributed by atoms with Gasteiger partial charge in [-0.1, -0.05) is 5.10 Å². The lowest BCUT2D eigenvalue weighted by molar-refractivity contribution is -0.113. The maximum atomic E-state index is 13.4. The van der Waals surface area contributed by atoms with Gasteiger partial charge in [0.05, 0.1) is 22.8 Å². The number of fused-ring (bicyclic) bond motifs is 2. The van der Waals surface area contributed by atoms with Crippen LogP contribution in [0.1, 0.15) is 19.9 Å². The van der Waals surface area contributed by atoms with Crippen molar-refractivity contribution in [2.75, 3.05) is 55.4 Å². The summed E-state index contributed by atoms with van der Waals surface area (Å²) in [5.41, 5.74) is 4.80. The van der Waals surface area contributed by atoms with E-state index in [-0.39, 0.29) is 11.9 Å². The summed E-state index contributed by atoms with van der Waals surface area (Å²) in [6.07, 6.45) is 1.60. The van der Waals surface area contributed by atoms with Gasteiger partial charge in [0, 0.05) is 61.5 Å². The monoisotopic (exact) mass is 512 g/mol. The molecular formula is C25H28N12O. The number of amides is 1. The van der Waals surface area contributed by atoms with Gasteiger partial charge in [-0.15, -0.1) is 0 Å². The largest absolute Gasteiger partial charge is 0.355 e. The Morgan fingerprint density at radius 1 is 1.13 bits per heavy atom. The molecular weight excluding hydrogens is 484 g/mol. The summed E-state index contributed by atoms with van der Waals surface area (Å²) in [5.74, 6) is 1.31. The minimum Gasteiger partial charge on any atom is -0.355 e. The van der Waals surface area contributed by atoms with E-state index < -0.39 is 0 Å². The smallest absolute Gasteiger partial charge is 0.255 e. The van der Waals surface area contributed by atoms with E-state index in [0.29, 0.717) is 22.6 Å². The number of tetrazole rings is 1. The fourth-order valence-electron chi connectivity index (χ4n) is 6.13. The van der Waals surface area contributed by atoms with Gasteiger partial charge in [0.15, 0.2) is 0 Å². The van der Waals surface area contributed by atoms with Gasteiger partial charge < -0.3 is 20.0 Å². The number of hydrogen-bond acceptors (Lipinski definition) is 10. The summed E-state index contributed by atoms with van der Waals surface area (Å²) in [5, 5.41) is 23.4. The van der Waals surface area contributed by atoms with Crippen molar-refractivity contribution < 1.29 is 4.79 Å². The van der Waals surface area contributed by atoms with Gasteiger partial charge in [-0.05, 0) is 49.5 Å². The molecule has 1 atom stereocenters. The first-order chi connectivity index (χ1) is 18.3. The fourth-order valence-corrected chi connectivity index (χ4v) is 6.13. The Morgan fingerprint density at radius 3 is 2.74 bits per heavy atom. The Balaban J connectivity index is 1.15. The first kappa shape index (κ1) is 22.8. The van der Waals surface area contributed by atoms with E-state index >= 15 is 0 Å². The quantitative estimate of drug-likeness (QED) is 0.415. The van der Waals surface area contributed by atoms with Crippen molar-refractivity contribution in [2.45, 2.75) is 19.9 Å². The number of carbonyl (C=O) groups is 1. The number of benzene rings is 1. The maximum absolute atomic E-state index is 13.4. The number of hydrogen-bond donors (Lipinski definition) is 2. The Bertz CT molecular complexity index is 1610. The van der Waals surface area contributed by atoms with Gasteiger partial charge in [-0.25, -0.2) is 14.6 Å². The molecule has 2 saturated heterocycles. The number of aromatic amines is 1. The molecule has 13 heteroatoms. The zero-order valence-corrected chi connectivity index (χ0v) is 21.7. The summed E-state index contributed by atoms with van der Waals surface area (Å²) in [7, 11) is 4.01. The summed E-state index contributed by atoms with van der Waals surface area (Å²) < 4.78 is 1.65. The SMILES string of the molecule is CC1=C(C(=O)Nc2ccc3[nH]nc(-c4cc(N5CC6(CN(C)C6)C5)ncn4)c3c2)[C@H](C)n2nnnc2N1C. The number of nitrogens with one attached hydrogen (secondary N) is 2. The van der Waals surface area contributed by atoms with Gasteiger partial charge in [0.2, 0.25) is 5.95 Å². The van der Waals surface area contributed by atoms with E-state index in [1.54, 1.807) is 11.0 Å². The molecule has 3 aromatic heterocycles. The average molecular weight is 513 g/mol. The molecule has 1 aromatic carbocycles. The number of likely N-dealkylation sites (tertiary alicyclic amines) is 1. The predicted molar refractivity (Wildman–Crippen MR) is 142 cm³/mol. The highest BCUT2D eigenvalue weighted by atomic mass is 16.1. The van der Waals surface area contributed by atoms with Crippen LogP contribution in [0.5, 0.6) is 0 Å². The second-order valence-corrected chi connectivity index (χ2v) is 10.7. The highest BCUT2D eigenvalue weighted by molar-refractivity contribution is 6.07. The molecule has 1 amide bonds. The van der Waals surface area contributed by atoms with Gasteiger partial charge in [0.25, 0.3) is 5.91 Å². The number of anilines is 3. The van der Waals surface area contributed by atoms with Crippen LogP contribution in [0.4, 0.5) is 17.5 Å². The third kappa shape index (κ3) is 3.38. The van der Waals surface area contributed by atoms with Crippen LogP contribution in [-0.2, 0) is 4.79 Å². The Labute approximate surface area is 218 Å². The molecule has 2 fully saturated rings. The standard InChI is InChI=1S/C25H28N12O/c1-14-21(15(2)37-24(35(14)4)31-32-33-37)23(38)28-16-5-6-18-17(7-16)22(30-29-18)19-8-20(27-13-26-19)36-11-25(12-36)9-34(3)10-25/h5-8,13,15H,9-12H2,1-4H3,(H,28,38)(H,29,30)/t15-/m0/s1. The van der Waals surface area contributed by atoms with E-state index in [9.17, 15) is 4.79 Å². The first-order valence-corrected chi connectivity index (χ1v) is 12.6. The second-order valence-electron chi connectivity index (χ2n) is 10.7.